The van der Waals surface area contributed by atoms with Gasteiger partial charge in [0, 0.05) is 24.6 Å². The minimum atomic E-state index is 0.109. The zero-order valence-corrected chi connectivity index (χ0v) is 11.9. The van der Waals surface area contributed by atoms with Crippen molar-refractivity contribution in [2.75, 3.05) is 6.61 Å². The molecule has 0 saturated carbocycles. The van der Waals surface area contributed by atoms with Gasteiger partial charge < -0.3 is 14.4 Å². The van der Waals surface area contributed by atoms with E-state index in [2.05, 4.69) is 27.0 Å². The van der Waals surface area contributed by atoms with Crippen LogP contribution in [0.5, 0.6) is 11.5 Å². The second-order valence-corrected chi connectivity index (χ2v) is 5.70. The Hall–Kier alpha value is -2.08. The average molecular weight is 286 g/mol. The fourth-order valence-electron chi connectivity index (χ4n) is 3.21. The number of hydrogen-bond acceptors (Lipinski definition) is 5. The third-order valence-electron chi connectivity index (χ3n) is 4.25. The molecule has 1 aromatic carbocycles. The molecule has 110 valence electrons. The van der Waals surface area contributed by atoms with Gasteiger partial charge in [0.05, 0.1) is 12.1 Å². The van der Waals surface area contributed by atoms with Gasteiger partial charge in [-0.1, -0.05) is 0 Å². The lowest BCUT2D eigenvalue weighted by Gasteiger charge is -2.18. The Morgan fingerprint density at radius 1 is 1.43 bits per heavy atom. The van der Waals surface area contributed by atoms with Gasteiger partial charge in [0.25, 0.3) is 0 Å². The maximum absolute atomic E-state index is 9.50. The van der Waals surface area contributed by atoms with Crippen LogP contribution in [0.2, 0.25) is 0 Å². The number of nitrogens with zero attached hydrogens (tertiary/aromatic N) is 3. The fourth-order valence-corrected chi connectivity index (χ4v) is 3.21. The standard InChI is InChI=1S/C15H18N4O2/c1-9(15-18-17-14-3-2-6-19(14)15)16-12-8-21-13-7-10(20)4-5-11(12)13/h4-5,7,9,12,16,20H,2-3,6,8H2,1H3. The fraction of sp³-hybridized carbons (Fsp3) is 0.467. The Morgan fingerprint density at radius 2 is 2.33 bits per heavy atom. The maximum Gasteiger partial charge on any atom is 0.149 e. The zero-order chi connectivity index (χ0) is 14.4. The lowest BCUT2D eigenvalue weighted by atomic mass is 10.1. The van der Waals surface area contributed by atoms with Crippen molar-refractivity contribution in [2.45, 2.75) is 38.4 Å². The van der Waals surface area contributed by atoms with Crippen LogP contribution in [0.25, 0.3) is 0 Å². The highest BCUT2D eigenvalue weighted by Gasteiger charge is 2.28. The summed E-state index contributed by atoms with van der Waals surface area (Å²) in [5, 5.41) is 21.6. The molecule has 0 saturated heterocycles. The predicted octanol–water partition coefficient (Wildman–Crippen LogP) is 1.71. The second-order valence-electron chi connectivity index (χ2n) is 5.70. The molecule has 2 aliphatic rings. The molecule has 0 amide bonds. The van der Waals surface area contributed by atoms with Crippen LogP contribution >= 0.6 is 0 Å². The maximum atomic E-state index is 9.50. The summed E-state index contributed by atoms with van der Waals surface area (Å²) in [6.07, 6.45) is 2.17. The zero-order valence-electron chi connectivity index (χ0n) is 11.9. The van der Waals surface area contributed by atoms with E-state index in [4.69, 9.17) is 4.74 Å². The van der Waals surface area contributed by atoms with E-state index in [1.165, 1.54) is 0 Å². The van der Waals surface area contributed by atoms with E-state index < -0.39 is 0 Å². The highest BCUT2D eigenvalue weighted by atomic mass is 16.5. The summed E-state index contributed by atoms with van der Waals surface area (Å²) >= 11 is 0. The normalized spacial score (nSPS) is 20.9. The van der Waals surface area contributed by atoms with Crippen LogP contribution in [-0.2, 0) is 13.0 Å². The number of aryl methyl sites for hydroxylation is 1. The van der Waals surface area contributed by atoms with Gasteiger partial charge in [-0.2, -0.15) is 0 Å². The summed E-state index contributed by atoms with van der Waals surface area (Å²) in [6.45, 7) is 3.69. The van der Waals surface area contributed by atoms with Crippen molar-refractivity contribution in [2.24, 2.45) is 0 Å². The highest BCUT2D eigenvalue weighted by Crippen LogP contribution is 2.36. The number of aromatic hydroxyl groups is 1. The number of hydrogen-bond donors (Lipinski definition) is 2. The van der Waals surface area contributed by atoms with Crippen LogP contribution in [0, 0.1) is 0 Å². The molecule has 0 radical (unpaired) electrons. The summed E-state index contributed by atoms with van der Waals surface area (Å²) in [5.41, 5.74) is 1.08. The summed E-state index contributed by atoms with van der Waals surface area (Å²) in [6, 6.07) is 5.50. The van der Waals surface area contributed by atoms with E-state index in [1.54, 1.807) is 12.1 Å². The lowest BCUT2D eigenvalue weighted by Crippen LogP contribution is -2.27. The van der Waals surface area contributed by atoms with Crippen LogP contribution in [0.15, 0.2) is 18.2 Å². The molecule has 2 atom stereocenters. The molecule has 0 bridgehead atoms. The largest absolute Gasteiger partial charge is 0.508 e. The molecule has 0 aliphatic carbocycles. The van der Waals surface area contributed by atoms with Crippen molar-refractivity contribution in [3.8, 4) is 11.5 Å². The van der Waals surface area contributed by atoms with Gasteiger partial charge in [-0.15, -0.1) is 10.2 Å². The van der Waals surface area contributed by atoms with Gasteiger partial charge in [0.1, 0.15) is 29.8 Å². The number of phenolic OH excluding ortho intramolecular Hbond substituents is 1. The SMILES string of the molecule is CC(NC1COc2cc(O)ccc21)c1nnc2n1CCC2. The highest BCUT2D eigenvalue weighted by molar-refractivity contribution is 5.44. The topological polar surface area (TPSA) is 72.2 Å². The molecule has 2 aromatic rings. The predicted molar refractivity (Wildman–Crippen MR) is 76.2 cm³/mol. The van der Waals surface area contributed by atoms with Crippen LogP contribution in [-0.4, -0.2) is 26.5 Å². The quantitative estimate of drug-likeness (QED) is 0.898. The summed E-state index contributed by atoms with van der Waals surface area (Å²) in [4.78, 5) is 0. The number of benzene rings is 1. The number of ether oxygens (including phenoxy) is 1. The summed E-state index contributed by atoms with van der Waals surface area (Å²) < 4.78 is 7.85. The van der Waals surface area contributed by atoms with Gasteiger partial charge in [0.15, 0.2) is 0 Å². The van der Waals surface area contributed by atoms with Crippen LogP contribution < -0.4 is 10.1 Å². The van der Waals surface area contributed by atoms with Crippen LogP contribution in [0.1, 0.15) is 42.6 Å². The first-order valence-electron chi connectivity index (χ1n) is 7.36. The van der Waals surface area contributed by atoms with Gasteiger partial charge in [-0.3, -0.25) is 5.32 Å². The Kier molecular flexibility index (Phi) is 2.85. The first-order valence-corrected chi connectivity index (χ1v) is 7.36. The third-order valence-corrected chi connectivity index (χ3v) is 4.25. The van der Waals surface area contributed by atoms with Crippen LogP contribution in [0.4, 0.5) is 0 Å². The molecule has 2 aliphatic heterocycles. The Balaban J connectivity index is 1.55. The Labute approximate surface area is 122 Å². The molecule has 3 heterocycles. The van der Waals surface area contributed by atoms with E-state index >= 15 is 0 Å². The molecule has 6 nitrogen and oxygen atoms in total. The molecule has 6 heteroatoms. The molecule has 1 aromatic heterocycles. The Morgan fingerprint density at radius 3 is 3.24 bits per heavy atom. The van der Waals surface area contributed by atoms with Crippen molar-refractivity contribution < 1.29 is 9.84 Å². The van der Waals surface area contributed by atoms with Gasteiger partial charge >= 0.3 is 0 Å². The van der Waals surface area contributed by atoms with Crippen molar-refractivity contribution >= 4 is 0 Å². The minimum Gasteiger partial charge on any atom is -0.508 e. The third kappa shape index (κ3) is 2.06. The van der Waals surface area contributed by atoms with E-state index in [-0.39, 0.29) is 17.8 Å². The number of aromatic nitrogens is 3. The second kappa shape index (κ2) is 4.73. The van der Waals surface area contributed by atoms with Crippen molar-refractivity contribution in [3.05, 3.63) is 35.4 Å². The van der Waals surface area contributed by atoms with Crippen LogP contribution in [0.3, 0.4) is 0 Å². The lowest BCUT2D eigenvalue weighted by molar-refractivity contribution is 0.297. The van der Waals surface area contributed by atoms with Gasteiger partial charge in [-0.25, -0.2) is 0 Å². The average Bonchev–Trinajstić information content (AvgIpc) is 3.13. The summed E-state index contributed by atoms with van der Waals surface area (Å²) in [5.74, 6) is 3.07. The minimum absolute atomic E-state index is 0.109. The monoisotopic (exact) mass is 286 g/mol. The molecule has 0 spiro atoms. The van der Waals surface area contributed by atoms with Gasteiger partial charge in [0.2, 0.25) is 0 Å². The Bertz CT molecular complexity index is 682. The van der Waals surface area contributed by atoms with E-state index in [0.29, 0.717) is 6.61 Å². The molecule has 2 N–H and O–H groups in total. The van der Waals surface area contributed by atoms with Gasteiger partial charge in [-0.05, 0) is 25.5 Å². The van der Waals surface area contributed by atoms with Crippen molar-refractivity contribution in [1.82, 2.24) is 20.1 Å². The number of fused-ring (bicyclic) bond motifs is 2. The molecular formula is C15H18N4O2. The first kappa shape index (κ1) is 12.6. The van der Waals surface area contributed by atoms with Crippen molar-refractivity contribution in [1.29, 1.82) is 0 Å². The van der Waals surface area contributed by atoms with Crippen molar-refractivity contribution in [3.63, 3.8) is 0 Å². The van der Waals surface area contributed by atoms with E-state index in [1.807, 2.05) is 6.07 Å². The van der Waals surface area contributed by atoms with E-state index in [9.17, 15) is 5.11 Å². The molecular weight excluding hydrogens is 268 g/mol. The smallest absolute Gasteiger partial charge is 0.149 e. The molecule has 0 fully saturated rings. The molecule has 21 heavy (non-hydrogen) atoms. The summed E-state index contributed by atoms with van der Waals surface area (Å²) in [7, 11) is 0. The van der Waals surface area contributed by atoms with E-state index in [0.717, 1.165) is 42.3 Å². The number of rotatable bonds is 3. The first-order chi connectivity index (χ1) is 10.2. The number of phenols is 1. The number of nitrogens with one attached hydrogen (secondary N) is 1. The molecule has 2 unspecified atom stereocenters. The molecule has 4 rings (SSSR count).